The molecule has 3 rings (SSSR count). The average molecular weight is 373 g/mol. The molecule has 3 N–H and O–H groups in total. The fourth-order valence-corrected chi connectivity index (χ4v) is 2.72. The van der Waals surface area contributed by atoms with Gasteiger partial charge in [0, 0.05) is 11.8 Å². The van der Waals surface area contributed by atoms with Crippen LogP contribution in [0.15, 0.2) is 42.6 Å². The van der Waals surface area contributed by atoms with Crippen molar-refractivity contribution in [1.82, 2.24) is 4.98 Å². The zero-order valence-corrected chi connectivity index (χ0v) is 13.9. The van der Waals surface area contributed by atoms with Gasteiger partial charge >= 0.3 is 0 Å². The van der Waals surface area contributed by atoms with Crippen LogP contribution in [0.5, 0.6) is 0 Å². The molecule has 0 bridgehead atoms. The number of halogens is 3. The van der Waals surface area contributed by atoms with Gasteiger partial charge in [0.25, 0.3) is 5.91 Å². The molecule has 0 atom stereocenters. The number of pyridine rings is 1. The number of nitrogens with two attached hydrogens (primary N) is 1. The molecular formula is C19H14F3N3O2. The highest BCUT2D eigenvalue weighted by Crippen LogP contribution is 2.22. The quantitative estimate of drug-likeness (QED) is 0.673. The van der Waals surface area contributed by atoms with Crippen molar-refractivity contribution in [3.63, 3.8) is 0 Å². The molecule has 8 heteroatoms. The molecule has 0 spiro atoms. The van der Waals surface area contributed by atoms with E-state index in [9.17, 15) is 22.8 Å². The number of anilines is 1. The van der Waals surface area contributed by atoms with Gasteiger partial charge in [-0.15, -0.1) is 0 Å². The summed E-state index contributed by atoms with van der Waals surface area (Å²) in [5, 5.41) is 3.44. The highest BCUT2D eigenvalue weighted by molar-refractivity contribution is 5.96. The van der Waals surface area contributed by atoms with Crippen LogP contribution >= 0.6 is 0 Å². The summed E-state index contributed by atoms with van der Waals surface area (Å²) in [6.07, 6.45) is 1.09. The molecule has 0 unspecified atom stereocenters. The molecule has 138 valence electrons. The first kappa shape index (κ1) is 18.4. The maximum atomic E-state index is 13.8. The van der Waals surface area contributed by atoms with Gasteiger partial charge in [-0.3, -0.25) is 14.6 Å². The molecule has 2 amide bonds. The van der Waals surface area contributed by atoms with Crippen LogP contribution < -0.4 is 11.1 Å². The molecule has 27 heavy (non-hydrogen) atoms. The number of primary amides is 1. The fraction of sp³-hybridized carbons (Fsp3) is 0.105. The smallest absolute Gasteiger partial charge is 0.252 e. The Hall–Kier alpha value is -3.42. The third-order valence-electron chi connectivity index (χ3n) is 3.99. The first-order valence-corrected chi connectivity index (χ1v) is 7.97. The van der Waals surface area contributed by atoms with Gasteiger partial charge in [-0.2, -0.15) is 0 Å². The van der Waals surface area contributed by atoms with Crippen LogP contribution in [-0.2, 0) is 11.2 Å². The van der Waals surface area contributed by atoms with Crippen molar-refractivity contribution in [2.24, 2.45) is 5.73 Å². The highest BCUT2D eigenvalue weighted by atomic mass is 19.2. The van der Waals surface area contributed by atoms with Crippen LogP contribution in [0, 0.1) is 17.5 Å². The number of carbonyl (C=O) groups is 2. The zero-order chi connectivity index (χ0) is 19.6. The van der Waals surface area contributed by atoms with Crippen molar-refractivity contribution in [2.75, 3.05) is 5.32 Å². The van der Waals surface area contributed by atoms with E-state index < -0.39 is 34.8 Å². The van der Waals surface area contributed by atoms with Gasteiger partial charge in [-0.1, -0.05) is 18.2 Å². The van der Waals surface area contributed by atoms with Crippen molar-refractivity contribution in [3.05, 3.63) is 71.2 Å². The Morgan fingerprint density at radius 1 is 1.07 bits per heavy atom. The molecule has 0 saturated heterocycles. The molecule has 1 aromatic heterocycles. The van der Waals surface area contributed by atoms with Gasteiger partial charge in [0.15, 0.2) is 17.5 Å². The third-order valence-corrected chi connectivity index (χ3v) is 3.99. The summed E-state index contributed by atoms with van der Waals surface area (Å²) in [6.45, 7) is 0. The van der Waals surface area contributed by atoms with Crippen LogP contribution in [0.2, 0.25) is 0 Å². The standard InChI is InChI=1S/C19H14F3N3O2/c20-13-8-11(16(19(23)27)18(22)17(13)21)5-6-15(26)25-12-7-10-3-1-2-4-14(10)24-9-12/h1-4,7-9H,5-6H2,(H2,23,27)(H,25,26). The zero-order valence-electron chi connectivity index (χ0n) is 13.9. The lowest BCUT2D eigenvalue weighted by Gasteiger charge is -2.10. The first-order chi connectivity index (χ1) is 12.9. The second-order valence-corrected chi connectivity index (χ2v) is 5.85. The summed E-state index contributed by atoms with van der Waals surface area (Å²) < 4.78 is 40.5. The molecule has 1 heterocycles. The number of para-hydroxylation sites is 1. The topological polar surface area (TPSA) is 85.1 Å². The van der Waals surface area contributed by atoms with Gasteiger partial charge in [-0.25, -0.2) is 13.2 Å². The van der Waals surface area contributed by atoms with Crippen molar-refractivity contribution in [1.29, 1.82) is 0 Å². The predicted molar refractivity (Wildman–Crippen MR) is 93.5 cm³/mol. The molecule has 0 radical (unpaired) electrons. The maximum Gasteiger partial charge on any atom is 0.252 e. The van der Waals surface area contributed by atoms with E-state index in [1.54, 1.807) is 6.07 Å². The van der Waals surface area contributed by atoms with Crippen molar-refractivity contribution in [2.45, 2.75) is 12.8 Å². The number of nitrogens with one attached hydrogen (secondary N) is 1. The van der Waals surface area contributed by atoms with Gasteiger partial charge < -0.3 is 11.1 Å². The minimum absolute atomic E-state index is 0.175. The lowest BCUT2D eigenvalue weighted by Crippen LogP contribution is -2.19. The third kappa shape index (κ3) is 3.89. The van der Waals surface area contributed by atoms with E-state index in [0.29, 0.717) is 11.8 Å². The number of hydrogen-bond donors (Lipinski definition) is 2. The summed E-state index contributed by atoms with van der Waals surface area (Å²) in [5.41, 5.74) is 5.32. The molecule has 0 saturated carbocycles. The number of amides is 2. The van der Waals surface area contributed by atoms with Crippen molar-refractivity contribution in [3.8, 4) is 0 Å². The number of rotatable bonds is 5. The van der Waals surface area contributed by atoms with E-state index in [4.69, 9.17) is 5.73 Å². The number of nitrogens with zero attached hydrogens (tertiary/aromatic N) is 1. The molecule has 0 fully saturated rings. The van der Waals surface area contributed by atoms with Crippen LogP contribution in [0.3, 0.4) is 0 Å². The molecule has 5 nitrogen and oxygen atoms in total. The van der Waals surface area contributed by atoms with Crippen molar-refractivity contribution >= 4 is 28.4 Å². The van der Waals surface area contributed by atoms with Crippen molar-refractivity contribution < 1.29 is 22.8 Å². The van der Waals surface area contributed by atoms with Gasteiger partial charge in [-0.05, 0) is 30.2 Å². The Bertz CT molecular complexity index is 1050. The van der Waals surface area contributed by atoms with E-state index in [1.165, 1.54) is 6.20 Å². The Morgan fingerprint density at radius 2 is 1.81 bits per heavy atom. The van der Waals surface area contributed by atoms with E-state index >= 15 is 0 Å². The number of aromatic nitrogens is 1. The van der Waals surface area contributed by atoms with Gasteiger partial charge in [0.2, 0.25) is 5.91 Å². The summed E-state index contributed by atoms with van der Waals surface area (Å²) in [5.74, 6) is -6.59. The Kier molecular flexibility index (Phi) is 5.07. The van der Waals surface area contributed by atoms with Crippen LogP contribution in [-0.4, -0.2) is 16.8 Å². The molecular weight excluding hydrogens is 359 g/mol. The molecule has 3 aromatic rings. The lowest BCUT2D eigenvalue weighted by atomic mass is 10.0. The van der Waals surface area contributed by atoms with E-state index in [1.807, 2.05) is 24.3 Å². The van der Waals surface area contributed by atoms with E-state index in [2.05, 4.69) is 10.3 Å². The van der Waals surface area contributed by atoms with E-state index in [-0.39, 0.29) is 18.4 Å². The normalized spacial score (nSPS) is 10.8. The summed E-state index contributed by atoms with van der Waals surface area (Å²) in [6, 6.07) is 9.73. The largest absolute Gasteiger partial charge is 0.365 e. The fourth-order valence-electron chi connectivity index (χ4n) is 2.72. The molecule has 2 aromatic carbocycles. The van der Waals surface area contributed by atoms with Crippen LogP contribution in [0.4, 0.5) is 18.9 Å². The highest BCUT2D eigenvalue weighted by Gasteiger charge is 2.22. The number of aryl methyl sites for hydroxylation is 1. The molecule has 0 aliphatic carbocycles. The number of hydrogen-bond acceptors (Lipinski definition) is 3. The molecule has 0 aliphatic rings. The number of carbonyl (C=O) groups excluding carboxylic acids is 2. The van der Waals surface area contributed by atoms with Crippen LogP contribution in [0.25, 0.3) is 10.9 Å². The monoisotopic (exact) mass is 373 g/mol. The second-order valence-electron chi connectivity index (χ2n) is 5.85. The Morgan fingerprint density at radius 3 is 2.56 bits per heavy atom. The number of benzene rings is 2. The minimum Gasteiger partial charge on any atom is -0.365 e. The SMILES string of the molecule is NC(=O)c1c(CCC(=O)Nc2cnc3ccccc3c2)cc(F)c(F)c1F. The van der Waals surface area contributed by atoms with Crippen LogP contribution in [0.1, 0.15) is 22.3 Å². The Balaban J connectivity index is 1.74. The lowest BCUT2D eigenvalue weighted by molar-refractivity contribution is -0.116. The molecule has 0 aliphatic heterocycles. The average Bonchev–Trinajstić information content (AvgIpc) is 2.64. The van der Waals surface area contributed by atoms with E-state index in [0.717, 1.165) is 10.9 Å². The van der Waals surface area contributed by atoms with Gasteiger partial charge in [0.05, 0.1) is 23.0 Å². The maximum absolute atomic E-state index is 13.8. The number of fused-ring (bicyclic) bond motifs is 1. The first-order valence-electron chi connectivity index (χ1n) is 7.97. The summed E-state index contributed by atoms with van der Waals surface area (Å²) in [7, 11) is 0. The van der Waals surface area contributed by atoms with Gasteiger partial charge in [0.1, 0.15) is 0 Å². The minimum atomic E-state index is -1.78. The summed E-state index contributed by atoms with van der Waals surface area (Å²) in [4.78, 5) is 27.7. The second kappa shape index (κ2) is 7.45. The Labute approximate surface area is 152 Å². The predicted octanol–water partition coefficient (Wildman–Crippen LogP) is 3.32. The summed E-state index contributed by atoms with van der Waals surface area (Å²) >= 11 is 0.